The standard InChI is InChI=1S/C11H12O6/c12-7-9(13)6-10(14)16-17-11(15)8-4-2-1-3-5-8/h1-5,9,12-13H,6-7H2. The Kier molecular flexibility index (Phi) is 5.12. The molecule has 17 heavy (non-hydrogen) atoms. The van der Waals surface area contributed by atoms with E-state index in [1.807, 2.05) is 0 Å². The number of hydrogen-bond donors (Lipinski definition) is 2. The van der Waals surface area contributed by atoms with Crippen molar-refractivity contribution in [3.8, 4) is 0 Å². The lowest BCUT2D eigenvalue weighted by atomic mass is 10.2. The molecule has 92 valence electrons. The number of aliphatic hydroxyl groups is 2. The first-order chi connectivity index (χ1) is 8.13. The lowest BCUT2D eigenvalue weighted by Gasteiger charge is -2.05. The maximum atomic E-state index is 11.3. The van der Waals surface area contributed by atoms with Crippen LogP contribution in [0.5, 0.6) is 0 Å². The molecule has 0 aliphatic heterocycles. The molecule has 1 atom stereocenters. The number of benzene rings is 1. The molecule has 1 aromatic rings. The van der Waals surface area contributed by atoms with Crippen molar-refractivity contribution in [2.75, 3.05) is 6.61 Å². The van der Waals surface area contributed by atoms with Crippen molar-refractivity contribution in [3.05, 3.63) is 35.9 Å². The average Bonchev–Trinajstić information content (AvgIpc) is 2.36. The van der Waals surface area contributed by atoms with E-state index < -0.39 is 31.1 Å². The fourth-order valence-corrected chi connectivity index (χ4v) is 0.998. The molecule has 0 amide bonds. The zero-order valence-corrected chi connectivity index (χ0v) is 8.91. The van der Waals surface area contributed by atoms with Gasteiger partial charge in [-0.2, -0.15) is 0 Å². The van der Waals surface area contributed by atoms with Gasteiger partial charge in [0.1, 0.15) is 0 Å². The Hall–Kier alpha value is -1.92. The molecular weight excluding hydrogens is 228 g/mol. The fraction of sp³-hybridized carbons (Fsp3) is 0.273. The Morgan fingerprint density at radius 2 is 1.82 bits per heavy atom. The summed E-state index contributed by atoms with van der Waals surface area (Å²) in [7, 11) is 0. The second kappa shape index (κ2) is 6.62. The van der Waals surface area contributed by atoms with E-state index in [2.05, 4.69) is 9.78 Å². The normalized spacial score (nSPS) is 11.6. The summed E-state index contributed by atoms with van der Waals surface area (Å²) < 4.78 is 0. The molecule has 0 saturated carbocycles. The zero-order valence-electron chi connectivity index (χ0n) is 8.91. The van der Waals surface area contributed by atoms with Gasteiger partial charge in [0, 0.05) is 0 Å². The molecule has 1 rings (SSSR count). The molecule has 0 aliphatic carbocycles. The largest absolute Gasteiger partial charge is 0.394 e. The molecule has 6 heteroatoms. The number of hydrogen-bond acceptors (Lipinski definition) is 6. The second-order valence-corrected chi connectivity index (χ2v) is 3.23. The third-order valence-electron chi connectivity index (χ3n) is 1.83. The minimum absolute atomic E-state index is 0.239. The van der Waals surface area contributed by atoms with Crippen LogP contribution in [0.4, 0.5) is 0 Å². The first kappa shape index (κ1) is 13.1. The van der Waals surface area contributed by atoms with E-state index in [9.17, 15) is 9.59 Å². The maximum absolute atomic E-state index is 11.3. The van der Waals surface area contributed by atoms with Crippen molar-refractivity contribution in [3.63, 3.8) is 0 Å². The SMILES string of the molecule is O=C(CC(O)CO)OOC(=O)c1ccccc1. The predicted octanol–water partition coefficient (Wildman–Crippen LogP) is 0.0449. The summed E-state index contributed by atoms with van der Waals surface area (Å²) >= 11 is 0. The van der Waals surface area contributed by atoms with E-state index in [-0.39, 0.29) is 5.56 Å². The summed E-state index contributed by atoms with van der Waals surface area (Å²) in [5.41, 5.74) is 0.239. The van der Waals surface area contributed by atoms with Crippen LogP contribution < -0.4 is 0 Å². The minimum atomic E-state index is -1.22. The molecule has 1 aromatic carbocycles. The highest BCUT2D eigenvalue weighted by Gasteiger charge is 2.15. The molecule has 0 bridgehead atoms. The van der Waals surface area contributed by atoms with Crippen LogP contribution in [0.1, 0.15) is 16.8 Å². The molecule has 0 radical (unpaired) electrons. The highest BCUT2D eigenvalue weighted by Crippen LogP contribution is 2.02. The Labute approximate surface area is 97.3 Å². The van der Waals surface area contributed by atoms with Crippen LogP contribution in [0.2, 0.25) is 0 Å². The van der Waals surface area contributed by atoms with Crippen LogP contribution in [-0.2, 0) is 14.6 Å². The van der Waals surface area contributed by atoms with E-state index in [4.69, 9.17) is 10.2 Å². The van der Waals surface area contributed by atoms with Gasteiger partial charge in [0.05, 0.1) is 24.7 Å². The topological polar surface area (TPSA) is 93.1 Å². The molecule has 0 aromatic heterocycles. The van der Waals surface area contributed by atoms with Crippen LogP contribution in [0.15, 0.2) is 30.3 Å². The summed E-state index contributed by atoms with van der Waals surface area (Å²) in [6.07, 6.45) is -1.67. The number of rotatable bonds is 4. The second-order valence-electron chi connectivity index (χ2n) is 3.23. The van der Waals surface area contributed by atoms with Crippen LogP contribution in [-0.4, -0.2) is 34.9 Å². The van der Waals surface area contributed by atoms with Crippen molar-refractivity contribution < 1.29 is 29.6 Å². The van der Waals surface area contributed by atoms with Crippen molar-refractivity contribution in [2.45, 2.75) is 12.5 Å². The summed E-state index contributed by atoms with van der Waals surface area (Å²) in [5, 5.41) is 17.4. The molecule has 6 nitrogen and oxygen atoms in total. The van der Waals surface area contributed by atoms with Gasteiger partial charge in [0.15, 0.2) is 0 Å². The van der Waals surface area contributed by atoms with Gasteiger partial charge in [-0.25, -0.2) is 19.4 Å². The molecule has 2 N–H and O–H groups in total. The smallest absolute Gasteiger partial charge is 0.386 e. The molecule has 1 unspecified atom stereocenters. The molecule has 0 aliphatic rings. The Morgan fingerprint density at radius 1 is 1.18 bits per heavy atom. The quantitative estimate of drug-likeness (QED) is 0.570. The Balaban J connectivity index is 2.36. The van der Waals surface area contributed by atoms with Crippen molar-refractivity contribution in [2.24, 2.45) is 0 Å². The van der Waals surface area contributed by atoms with Gasteiger partial charge < -0.3 is 10.2 Å². The van der Waals surface area contributed by atoms with Crippen LogP contribution in [0.3, 0.4) is 0 Å². The number of carbonyl (C=O) groups excluding carboxylic acids is 2. The van der Waals surface area contributed by atoms with E-state index in [0.717, 1.165) is 0 Å². The van der Waals surface area contributed by atoms with Gasteiger partial charge in [-0.3, -0.25) is 0 Å². The van der Waals surface area contributed by atoms with Crippen LogP contribution in [0, 0.1) is 0 Å². The van der Waals surface area contributed by atoms with Crippen molar-refractivity contribution >= 4 is 11.9 Å². The summed E-state index contributed by atoms with van der Waals surface area (Å²) in [4.78, 5) is 30.7. The van der Waals surface area contributed by atoms with E-state index in [0.29, 0.717) is 0 Å². The van der Waals surface area contributed by atoms with Crippen molar-refractivity contribution in [1.82, 2.24) is 0 Å². The predicted molar refractivity (Wildman–Crippen MR) is 55.7 cm³/mol. The average molecular weight is 240 g/mol. The highest BCUT2D eigenvalue weighted by molar-refractivity contribution is 5.89. The van der Waals surface area contributed by atoms with E-state index in [1.54, 1.807) is 18.2 Å². The molecule has 0 fully saturated rings. The summed E-state index contributed by atoms with van der Waals surface area (Å²) in [6, 6.07) is 7.99. The maximum Gasteiger partial charge on any atom is 0.386 e. The third kappa shape index (κ3) is 4.62. The molecular formula is C11H12O6. The summed E-state index contributed by atoms with van der Waals surface area (Å²) in [5.74, 6) is -1.74. The number of aliphatic hydroxyl groups excluding tert-OH is 2. The van der Waals surface area contributed by atoms with Gasteiger partial charge in [-0.05, 0) is 12.1 Å². The van der Waals surface area contributed by atoms with Gasteiger partial charge in [0.2, 0.25) is 0 Å². The lowest BCUT2D eigenvalue weighted by molar-refractivity contribution is -0.235. The Morgan fingerprint density at radius 3 is 2.41 bits per heavy atom. The fourth-order valence-electron chi connectivity index (χ4n) is 0.998. The van der Waals surface area contributed by atoms with Gasteiger partial charge in [-0.15, -0.1) is 0 Å². The first-order valence-electron chi connectivity index (χ1n) is 4.89. The Bertz CT molecular complexity index is 375. The minimum Gasteiger partial charge on any atom is -0.394 e. The highest BCUT2D eigenvalue weighted by atomic mass is 17.2. The number of carbonyl (C=O) groups is 2. The van der Waals surface area contributed by atoms with Crippen molar-refractivity contribution in [1.29, 1.82) is 0 Å². The molecule has 0 spiro atoms. The molecule has 0 heterocycles. The van der Waals surface area contributed by atoms with Crippen LogP contribution >= 0.6 is 0 Å². The van der Waals surface area contributed by atoms with Gasteiger partial charge >= 0.3 is 11.9 Å². The lowest BCUT2D eigenvalue weighted by Crippen LogP contribution is -2.20. The zero-order chi connectivity index (χ0) is 12.7. The molecule has 0 saturated heterocycles. The van der Waals surface area contributed by atoms with Gasteiger partial charge in [-0.1, -0.05) is 18.2 Å². The summed E-state index contributed by atoms with van der Waals surface area (Å²) in [6.45, 7) is -0.568. The van der Waals surface area contributed by atoms with E-state index >= 15 is 0 Å². The van der Waals surface area contributed by atoms with E-state index in [1.165, 1.54) is 12.1 Å². The monoisotopic (exact) mass is 240 g/mol. The third-order valence-corrected chi connectivity index (χ3v) is 1.83. The first-order valence-corrected chi connectivity index (χ1v) is 4.89. The van der Waals surface area contributed by atoms with Gasteiger partial charge in [0.25, 0.3) is 0 Å². The van der Waals surface area contributed by atoms with Crippen LogP contribution in [0.25, 0.3) is 0 Å².